The van der Waals surface area contributed by atoms with Crippen LogP contribution in [0.4, 0.5) is 0 Å². The predicted octanol–water partition coefficient (Wildman–Crippen LogP) is 1.79. The van der Waals surface area contributed by atoms with Crippen molar-refractivity contribution in [3.8, 4) is 5.75 Å². The molecule has 76 valence electrons. The van der Waals surface area contributed by atoms with Crippen LogP contribution < -0.4 is 4.74 Å². The molecule has 0 aliphatic heterocycles. The van der Waals surface area contributed by atoms with Crippen molar-refractivity contribution in [2.45, 2.75) is 6.42 Å². The molecule has 1 rings (SSSR count). The monoisotopic (exact) mass is 259 g/mol. The fourth-order valence-electron chi connectivity index (χ4n) is 0.826. The first-order valence-electron chi connectivity index (χ1n) is 4.02. The van der Waals surface area contributed by atoms with Crippen LogP contribution in [0.1, 0.15) is 6.42 Å². The van der Waals surface area contributed by atoms with Gasteiger partial charge in [-0.25, -0.2) is 0 Å². The molecule has 5 heteroatoms. The molecule has 0 atom stereocenters. The van der Waals surface area contributed by atoms with E-state index in [0.29, 0.717) is 12.4 Å². The normalized spacial score (nSPS) is 9.57. The fraction of sp³-hybridized carbons (Fsp3) is 0.333. The number of rotatable bonds is 4. The number of methoxy groups -OCH3 is 1. The van der Waals surface area contributed by atoms with Gasteiger partial charge < -0.3 is 9.47 Å². The number of halogens is 1. The minimum absolute atomic E-state index is 0.239. The number of pyridine rings is 1. The molecule has 0 aromatic carbocycles. The molecule has 0 N–H and O–H groups in total. The summed E-state index contributed by atoms with van der Waals surface area (Å²) in [5.74, 6) is 0.344. The second-order valence-electron chi connectivity index (χ2n) is 2.51. The van der Waals surface area contributed by atoms with Crippen molar-refractivity contribution in [3.63, 3.8) is 0 Å². The number of ether oxygens (including phenoxy) is 2. The molecule has 0 fully saturated rings. The molecule has 0 saturated carbocycles. The standard InChI is InChI=1S/C9H10BrNO3/c1-13-9(12)2-3-14-8-4-7(10)5-11-6-8/h4-6H,2-3H2,1H3. The maximum absolute atomic E-state index is 10.7. The summed E-state index contributed by atoms with van der Waals surface area (Å²) in [7, 11) is 1.35. The van der Waals surface area contributed by atoms with E-state index >= 15 is 0 Å². The molecule has 1 heterocycles. The van der Waals surface area contributed by atoms with E-state index in [4.69, 9.17) is 4.74 Å². The average molecular weight is 260 g/mol. The molecule has 0 saturated heterocycles. The molecule has 0 aliphatic carbocycles. The lowest BCUT2D eigenvalue weighted by atomic mass is 10.4. The van der Waals surface area contributed by atoms with Gasteiger partial charge in [-0.05, 0) is 22.0 Å². The number of hydrogen-bond donors (Lipinski definition) is 0. The number of aromatic nitrogens is 1. The molecule has 0 radical (unpaired) electrons. The van der Waals surface area contributed by atoms with Crippen molar-refractivity contribution in [2.75, 3.05) is 13.7 Å². The smallest absolute Gasteiger partial charge is 0.308 e. The first kappa shape index (κ1) is 11.0. The van der Waals surface area contributed by atoms with Crippen LogP contribution >= 0.6 is 15.9 Å². The molecular formula is C9H10BrNO3. The zero-order valence-corrected chi connectivity index (χ0v) is 9.28. The molecule has 0 aliphatic rings. The maximum Gasteiger partial charge on any atom is 0.308 e. The van der Waals surface area contributed by atoms with Gasteiger partial charge in [-0.1, -0.05) is 0 Å². The van der Waals surface area contributed by atoms with Gasteiger partial charge in [0.1, 0.15) is 5.75 Å². The molecule has 0 bridgehead atoms. The summed E-state index contributed by atoms with van der Waals surface area (Å²) in [5.41, 5.74) is 0. The van der Waals surface area contributed by atoms with Crippen LogP contribution in [0, 0.1) is 0 Å². The number of carbonyl (C=O) groups is 1. The van der Waals surface area contributed by atoms with Crippen LogP contribution in [0.5, 0.6) is 5.75 Å². The Morgan fingerprint density at radius 2 is 2.36 bits per heavy atom. The molecule has 14 heavy (non-hydrogen) atoms. The van der Waals surface area contributed by atoms with Crippen LogP contribution in [0.15, 0.2) is 22.9 Å². The van der Waals surface area contributed by atoms with Gasteiger partial charge in [-0.15, -0.1) is 0 Å². The highest BCUT2D eigenvalue weighted by molar-refractivity contribution is 9.10. The van der Waals surface area contributed by atoms with Crippen molar-refractivity contribution in [2.24, 2.45) is 0 Å². The molecule has 0 amide bonds. The lowest BCUT2D eigenvalue weighted by Crippen LogP contribution is -2.07. The first-order valence-corrected chi connectivity index (χ1v) is 4.82. The summed E-state index contributed by atoms with van der Waals surface area (Å²) >= 11 is 3.26. The molecule has 1 aromatic rings. The summed E-state index contributed by atoms with van der Waals surface area (Å²) in [6.07, 6.45) is 3.48. The predicted molar refractivity (Wildman–Crippen MR) is 54.1 cm³/mol. The third kappa shape index (κ3) is 3.74. The Bertz CT molecular complexity index is 317. The van der Waals surface area contributed by atoms with Gasteiger partial charge in [-0.2, -0.15) is 0 Å². The highest BCUT2D eigenvalue weighted by atomic mass is 79.9. The Morgan fingerprint density at radius 1 is 1.57 bits per heavy atom. The minimum atomic E-state index is -0.284. The molecular weight excluding hydrogens is 250 g/mol. The van der Waals surface area contributed by atoms with Gasteiger partial charge in [0.2, 0.25) is 0 Å². The van der Waals surface area contributed by atoms with Crippen LogP contribution in [-0.2, 0) is 9.53 Å². The fourth-order valence-corrected chi connectivity index (χ4v) is 1.17. The highest BCUT2D eigenvalue weighted by Crippen LogP contribution is 2.15. The van der Waals surface area contributed by atoms with Gasteiger partial charge in [0, 0.05) is 10.7 Å². The first-order chi connectivity index (χ1) is 6.72. The van der Waals surface area contributed by atoms with E-state index in [-0.39, 0.29) is 12.4 Å². The van der Waals surface area contributed by atoms with E-state index in [0.717, 1.165) is 4.47 Å². The Balaban J connectivity index is 2.35. The number of carbonyl (C=O) groups excluding carboxylic acids is 1. The minimum Gasteiger partial charge on any atom is -0.491 e. The van der Waals surface area contributed by atoms with E-state index in [1.54, 1.807) is 18.5 Å². The van der Waals surface area contributed by atoms with Crippen LogP contribution in [0.3, 0.4) is 0 Å². The van der Waals surface area contributed by atoms with Crippen molar-refractivity contribution >= 4 is 21.9 Å². The Kier molecular flexibility index (Phi) is 4.39. The topological polar surface area (TPSA) is 48.4 Å². The summed E-state index contributed by atoms with van der Waals surface area (Å²) in [6, 6.07) is 1.78. The van der Waals surface area contributed by atoms with E-state index in [9.17, 15) is 4.79 Å². The van der Waals surface area contributed by atoms with Gasteiger partial charge in [0.05, 0.1) is 26.3 Å². The quantitative estimate of drug-likeness (QED) is 0.774. The van der Waals surface area contributed by atoms with Crippen molar-refractivity contribution < 1.29 is 14.3 Å². The van der Waals surface area contributed by atoms with E-state index in [1.165, 1.54) is 7.11 Å². The Morgan fingerprint density at radius 3 is 3.00 bits per heavy atom. The van der Waals surface area contributed by atoms with E-state index in [1.807, 2.05) is 0 Å². The summed E-state index contributed by atoms with van der Waals surface area (Å²) in [5, 5.41) is 0. The van der Waals surface area contributed by atoms with Gasteiger partial charge >= 0.3 is 5.97 Å². The number of esters is 1. The number of hydrogen-bond acceptors (Lipinski definition) is 4. The molecule has 0 unspecified atom stereocenters. The van der Waals surface area contributed by atoms with E-state index < -0.39 is 0 Å². The summed E-state index contributed by atoms with van der Waals surface area (Å²) < 4.78 is 10.6. The van der Waals surface area contributed by atoms with Crippen molar-refractivity contribution in [1.29, 1.82) is 0 Å². The largest absolute Gasteiger partial charge is 0.491 e. The average Bonchev–Trinajstić information content (AvgIpc) is 2.17. The van der Waals surface area contributed by atoms with Gasteiger partial charge in [0.25, 0.3) is 0 Å². The van der Waals surface area contributed by atoms with Crippen LogP contribution in [0.2, 0.25) is 0 Å². The lowest BCUT2D eigenvalue weighted by Gasteiger charge is -2.04. The zero-order chi connectivity index (χ0) is 10.4. The van der Waals surface area contributed by atoms with E-state index in [2.05, 4.69) is 25.7 Å². The summed E-state index contributed by atoms with van der Waals surface area (Å²) in [6.45, 7) is 0.296. The third-order valence-electron chi connectivity index (χ3n) is 1.48. The van der Waals surface area contributed by atoms with Gasteiger partial charge in [-0.3, -0.25) is 9.78 Å². The second kappa shape index (κ2) is 5.59. The third-order valence-corrected chi connectivity index (χ3v) is 1.92. The molecule has 4 nitrogen and oxygen atoms in total. The van der Waals surface area contributed by atoms with Crippen LogP contribution in [0.25, 0.3) is 0 Å². The Hall–Kier alpha value is -1.10. The van der Waals surface area contributed by atoms with Crippen molar-refractivity contribution in [3.05, 3.63) is 22.9 Å². The Labute approximate surface area is 90.4 Å². The molecule has 1 aromatic heterocycles. The SMILES string of the molecule is COC(=O)CCOc1cncc(Br)c1. The van der Waals surface area contributed by atoms with Crippen molar-refractivity contribution in [1.82, 2.24) is 4.98 Å². The molecule has 0 spiro atoms. The number of nitrogens with zero attached hydrogens (tertiary/aromatic N) is 1. The second-order valence-corrected chi connectivity index (χ2v) is 3.43. The lowest BCUT2D eigenvalue weighted by molar-refractivity contribution is -0.141. The zero-order valence-electron chi connectivity index (χ0n) is 7.70. The highest BCUT2D eigenvalue weighted by Gasteiger charge is 2.01. The van der Waals surface area contributed by atoms with Gasteiger partial charge in [0.15, 0.2) is 0 Å². The summed E-state index contributed by atoms with van der Waals surface area (Å²) in [4.78, 5) is 14.7. The van der Waals surface area contributed by atoms with Crippen LogP contribution in [-0.4, -0.2) is 24.7 Å². The maximum atomic E-state index is 10.7.